The number of rotatable bonds is 7. The second-order valence-corrected chi connectivity index (χ2v) is 4.87. The molecule has 5 nitrogen and oxygen atoms in total. The van der Waals surface area contributed by atoms with Crippen LogP contribution in [0.4, 0.5) is 5.69 Å². The van der Waals surface area contributed by atoms with E-state index < -0.39 is 0 Å². The fraction of sp³-hybridized carbons (Fsp3) is 0.533. The molecule has 1 amide bonds. The summed E-state index contributed by atoms with van der Waals surface area (Å²) in [6.07, 6.45) is 2.33. The van der Waals surface area contributed by atoms with Crippen LogP contribution in [0.5, 0.6) is 0 Å². The van der Waals surface area contributed by atoms with Gasteiger partial charge < -0.3 is 20.5 Å². The summed E-state index contributed by atoms with van der Waals surface area (Å²) in [6.45, 7) is 2.47. The first-order chi connectivity index (χ1) is 9.79. The van der Waals surface area contributed by atoms with Gasteiger partial charge in [-0.25, -0.2) is 0 Å². The highest BCUT2D eigenvalue weighted by Crippen LogP contribution is 2.14. The molecule has 0 spiro atoms. The second-order valence-electron chi connectivity index (χ2n) is 4.87. The Morgan fingerprint density at radius 1 is 1.45 bits per heavy atom. The SMILES string of the molecule is NCc1ccccc1NC(=O)CCCOC1CCOC1. The number of hydrogen-bond donors (Lipinski definition) is 2. The summed E-state index contributed by atoms with van der Waals surface area (Å²) in [6, 6.07) is 7.58. The van der Waals surface area contributed by atoms with Gasteiger partial charge in [0.1, 0.15) is 0 Å². The summed E-state index contributed by atoms with van der Waals surface area (Å²) < 4.78 is 10.8. The van der Waals surface area contributed by atoms with E-state index in [-0.39, 0.29) is 12.0 Å². The number of carbonyl (C=O) groups excluding carboxylic acids is 1. The fourth-order valence-electron chi connectivity index (χ4n) is 2.16. The van der Waals surface area contributed by atoms with Gasteiger partial charge in [0.2, 0.25) is 5.91 Å². The van der Waals surface area contributed by atoms with Crippen LogP contribution >= 0.6 is 0 Å². The molecule has 3 N–H and O–H groups in total. The van der Waals surface area contributed by atoms with E-state index in [1.54, 1.807) is 0 Å². The molecule has 1 aliphatic heterocycles. The van der Waals surface area contributed by atoms with Crippen LogP contribution in [0.25, 0.3) is 0 Å². The van der Waals surface area contributed by atoms with Crippen LogP contribution in [0.3, 0.4) is 0 Å². The molecular formula is C15H22N2O3. The largest absolute Gasteiger partial charge is 0.379 e. The number of para-hydroxylation sites is 1. The number of nitrogens with one attached hydrogen (secondary N) is 1. The Morgan fingerprint density at radius 2 is 2.30 bits per heavy atom. The zero-order chi connectivity index (χ0) is 14.2. The standard InChI is InChI=1S/C15H22N2O3/c16-10-12-4-1-2-5-14(12)17-15(18)6-3-8-20-13-7-9-19-11-13/h1-2,4-5,13H,3,6-11,16H2,(H,17,18). The van der Waals surface area contributed by atoms with Crippen molar-refractivity contribution in [3.8, 4) is 0 Å². The fourth-order valence-corrected chi connectivity index (χ4v) is 2.16. The van der Waals surface area contributed by atoms with Gasteiger partial charge in [-0.15, -0.1) is 0 Å². The number of anilines is 1. The van der Waals surface area contributed by atoms with Crippen molar-refractivity contribution < 1.29 is 14.3 Å². The lowest BCUT2D eigenvalue weighted by atomic mass is 10.1. The molecular weight excluding hydrogens is 256 g/mol. The molecule has 1 heterocycles. The van der Waals surface area contributed by atoms with Crippen LogP contribution in [0.1, 0.15) is 24.8 Å². The number of amides is 1. The van der Waals surface area contributed by atoms with E-state index in [4.69, 9.17) is 15.2 Å². The lowest BCUT2D eigenvalue weighted by Crippen LogP contribution is -2.17. The molecule has 0 saturated carbocycles. The predicted octanol–water partition coefficient (Wildman–Crippen LogP) is 1.67. The molecule has 1 unspecified atom stereocenters. The van der Waals surface area contributed by atoms with E-state index in [2.05, 4.69) is 5.32 Å². The molecule has 0 radical (unpaired) electrons. The van der Waals surface area contributed by atoms with Crippen molar-refractivity contribution in [1.29, 1.82) is 0 Å². The Balaban J connectivity index is 1.67. The first kappa shape index (κ1) is 15.0. The van der Waals surface area contributed by atoms with Gasteiger partial charge in [0.05, 0.1) is 12.7 Å². The minimum Gasteiger partial charge on any atom is -0.379 e. The van der Waals surface area contributed by atoms with Crippen molar-refractivity contribution in [3.63, 3.8) is 0 Å². The van der Waals surface area contributed by atoms with E-state index in [9.17, 15) is 4.79 Å². The molecule has 1 saturated heterocycles. The van der Waals surface area contributed by atoms with Crippen LogP contribution in [0, 0.1) is 0 Å². The number of ether oxygens (including phenoxy) is 2. The minimum absolute atomic E-state index is 0.00262. The van der Waals surface area contributed by atoms with Gasteiger partial charge in [0.25, 0.3) is 0 Å². The van der Waals surface area contributed by atoms with Crippen LogP contribution in [0.2, 0.25) is 0 Å². The summed E-state index contributed by atoms with van der Waals surface area (Å²) in [5.74, 6) is -0.00262. The third-order valence-corrected chi connectivity index (χ3v) is 3.30. The monoisotopic (exact) mass is 278 g/mol. The highest BCUT2D eigenvalue weighted by molar-refractivity contribution is 5.91. The number of carbonyl (C=O) groups is 1. The zero-order valence-electron chi connectivity index (χ0n) is 11.6. The van der Waals surface area contributed by atoms with Gasteiger partial charge >= 0.3 is 0 Å². The molecule has 1 aromatic rings. The smallest absolute Gasteiger partial charge is 0.224 e. The lowest BCUT2D eigenvalue weighted by molar-refractivity contribution is -0.116. The van der Waals surface area contributed by atoms with Crippen molar-refractivity contribution in [2.24, 2.45) is 5.73 Å². The van der Waals surface area contributed by atoms with Gasteiger partial charge in [0.15, 0.2) is 0 Å². The number of nitrogens with two attached hydrogens (primary N) is 1. The van der Waals surface area contributed by atoms with Crippen molar-refractivity contribution >= 4 is 11.6 Å². The van der Waals surface area contributed by atoms with Gasteiger partial charge in [-0.2, -0.15) is 0 Å². The van der Waals surface area contributed by atoms with E-state index in [0.29, 0.717) is 32.6 Å². The lowest BCUT2D eigenvalue weighted by Gasteiger charge is -2.11. The van der Waals surface area contributed by atoms with E-state index in [0.717, 1.165) is 24.3 Å². The molecule has 1 aliphatic rings. The van der Waals surface area contributed by atoms with Gasteiger partial charge in [-0.3, -0.25) is 4.79 Å². The first-order valence-electron chi connectivity index (χ1n) is 7.07. The molecule has 110 valence electrons. The Morgan fingerprint density at radius 3 is 3.05 bits per heavy atom. The Kier molecular flexibility index (Phi) is 5.98. The van der Waals surface area contributed by atoms with Crippen LogP contribution in [-0.2, 0) is 20.8 Å². The van der Waals surface area contributed by atoms with Crippen molar-refractivity contribution in [2.45, 2.75) is 31.9 Å². The van der Waals surface area contributed by atoms with Crippen molar-refractivity contribution in [2.75, 3.05) is 25.1 Å². The minimum atomic E-state index is -0.00262. The summed E-state index contributed by atoms with van der Waals surface area (Å²) >= 11 is 0. The summed E-state index contributed by atoms with van der Waals surface area (Å²) in [4.78, 5) is 11.8. The molecule has 20 heavy (non-hydrogen) atoms. The molecule has 5 heteroatoms. The maximum Gasteiger partial charge on any atom is 0.224 e. The highest BCUT2D eigenvalue weighted by atomic mass is 16.5. The molecule has 1 fully saturated rings. The van der Waals surface area contributed by atoms with Gasteiger partial charge in [-0.1, -0.05) is 18.2 Å². The topological polar surface area (TPSA) is 73.6 Å². The van der Waals surface area contributed by atoms with Crippen LogP contribution < -0.4 is 11.1 Å². The normalized spacial score (nSPS) is 18.1. The third-order valence-electron chi connectivity index (χ3n) is 3.30. The Labute approximate surface area is 119 Å². The summed E-state index contributed by atoms with van der Waals surface area (Å²) in [5, 5.41) is 2.89. The summed E-state index contributed by atoms with van der Waals surface area (Å²) in [5.41, 5.74) is 7.38. The molecule has 0 bridgehead atoms. The van der Waals surface area contributed by atoms with Gasteiger partial charge in [-0.05, 0) is 24.5 Å². The number of hydrogen-bond acceptors (Lipinski definition) is 4. The molecule has 0 aromatic heterocycles. The number of benzene rings is 1. The maximum absolute atomic E-state index is 11.8. The van der Waals surface area contributed by atoms with Crippen LogP contribution in [0.15, 0.2) is 24.3 Å². The highest BCUT2D eigenvalue weighted by Gasteiger charge is 2.15. The predicted molar refractivity (Wildman–Crippen MR) is 77.4 cm³/mol. The summed E-state index contributed by atoms with van der Waals surface area (Å²) in [7, 11) is 0. The maximum atomic E-state index is 11.8. The van der Waals surface area contributed by atoms with E-state index >= 15 is 0 Å². The average molecular weight is 278 g/mol. The van der Waals surface area contributed by atoms with Crippen molar-refractivity contribution in [1.82, 2.24) is 0 Å². The second kappa shape index (κ2) is 7.99. The van der Waals surface area contributed by atoms with Gasteiger partial charge in [0, 0.05) is 31.9 Å². The Bertz CT molecular complexity index is 431. The molecule has 1 aromatic carbocycles. The van der Waals surface area contributed by atoms with Crippen LogP contribution in [-0.4, -0.2) is 31.8 Å². The van der Waals surface area contributed by atoms with E-state index in [1.165, 1.54) is 0 Å². The first-order valence-corrected chi connectivity index (χ1v) is 7.07. The third kappa shape index (κ3) is 4.59. The molecule has 1 atom stereocenters. The average Bonchev–Trinajstić information content (AvgIpc) is 2.97. The quantitative estimate of drug-likeness (QED) is 0.744. The van der Waals surface area contributed by atoms with Crippen molar-refractivity contribution in [3.05, 3.63) is 29.8 Å². The molecule has 2 rings (SSSR count). The zero-order valence-corrected chi connectivity index (χ0v) is 11.6. The van der Waals surface area contributed by atoms with E-state index in [1.807, 2.05) is 24.3 Å². The Hall–Kier alpha value is -1.43. The molecule has 0 aliphatic carbocycles.